The summed E-state index contributed by atoms with van der Waals surface area (Å²) in [4.78, 5) is 0.211. The van der Waals surface area contributed by atoms with Crippen LogP contribution in [0.1, 0.15) is 36.1 Å². The van der Waals surface area contributed by atoms with E-state index in [0.29, 0.717) is 8.58 Å². The van der Waals surface area contributed by atoms with Gasteiger partial charge in [-0.3, -0.25) is 4.18 Å². The molecule has 0 saturated carbocycles. The minimum atomic E-state index is -3.74. The Labute approximate surface area is 153 Å². The number of hydrogen-bond acceptors (Lipinski definition) is 3. The lowest BCUT2D eigenvalue weighted by atomic mass is 10.1. The average Bonchev–Trinajstić information content (AvgIpc) is 2.50. The summed E-state index contributed by atoms with van der Waals surface area (Å²) in [5.74, 6) is 0. The first-order valence-electron chi connectivity index (χ1n) is 8.44. The molecule has 5 heteroatoms. The van der Waals surface area contributed by atoms with Crippen molar-refractivity contribution in [3.8, 4) is 0 Å². The lowest BCUT2D eigenvalue weighted by molar-refractivity contribution is 0.229. The lowest BCUT2D eigenvalue weighted by Gasteiger charge is -2.22. The van der Waals surface area contributed by atoms with Gasteiger partial charge in [-0.25, -0.2) is 0 Å². The SMILES string of the molecule is Cc1ccc(S(=O)(=O)O[C@H](C)[C@H](C)Pc2c(C)cc(C)cc2C)cc1. The molecule has 0 spiro atoms. The number of aryl methyl sites for hydroxylation is 4. The van der Waals surface area contributed by atoms with E-state index in [1.807, 2.05) is 20.8 Å². The van der Waals surface area contributed by atoms with E-state index in [2.05, 4.69) is 32.9 Å². The standard InChI is InChI=1S/C20H27O3PS/c1-13-7-9-19(10-8-13)25(21,22)23-17(5)18(6)24-20-15(3)11-14(2)12-16(20)4/h7-12,17-18,24H,1-6H3/t17-,18+/m1/s1. The maximum atomic E-state index is 12.5. The highest BCUT2D eigenvalue weighted by Crippen LogP contribution is 2.28. The van der Waals surface area contributed by atoms with Crippen molar-refractivity contribution < 1.29 is 12.6 Å². The van der Waals surface area contributed by atoms with Crippen molar-refractivity contribution in [2.24, 2.45) is 0 Å². The Hall–Kier alpha value is -1.22. The van der Waals surface area contributed by atoms with E-state index >= 15 is 0 Å². The van der Waals surface area contributed by atoms with E-state index in [9.17, 15) is 8.42 Å². The Kier molecular flexibility index (Phi) is 6.42. The van der Waals surface area contributed by atoms with Gasteiger partial charge in [-0.1, -0.05) is 50.9 Å². The quantitative estimate of drug-likeness (QED) is 0.552. The Bertz CT molecular complexity index is 819. The molecule has 0 aliphatic carbocycles. The molecule has 0 aliphatic heterocycles. The van der Waals surface area contributed by atoms with E-state index in [4.69, 9.17) is 4.18 Å². The Morgan fingerprint density at radius 1 is 0.880 bits per heavy atom. The molecule has 2 rings (SSSR count). The molecule has 0 fully saturated rings. The predicted octanol–water partition coefficient (Wildman–Crippen LogP) is 4.41. The van der Waals surface area contributed by atoms with Crippen LogP contribution >= 0.6 is 8.58 Å². The van der Waals surface area contributed by atoms with Gasteiger partial charge in [0.25, 0.3) is 10.1 Å². The third-order valence-electron chi connectivity index (χ3n) is 4.34. The summed E-state index contributed by atoms with van der Waals surface area (Å²) in [5.41, 5.74) is 4.91. The van der Waals surface area contributed by atoms with Crippen LogP contribution in [0, 0.1) is 27.7 Å². The Morgan fingerprint density at radius 3 is 1.92 bits per heavy atom. The Morgan fingerprint density at radius 2 is 1.40 bits per heavy atom. The molecule has 0 bridgehead atoms. The molecule has 0 aliphatic rings. The van der Waals surface area contributed by atoms with Gasteiger partial charge in [0.2, 0.25) is 0 Å². The first-order valence-corrected chi connectivity index (χ1v) is 10.9. The topological polar surface area (TPSA) is 43.4 Å². The van der Waals surface area contributed by atoms with Crippen LogP contribution in [0.2, 0.25) is 0 Å². The summed E-state index contributed by atoms with van der Waals surface area (Å²) in [6.07, 6.45) is -0.385. The van der Waals surface area contributed by atoms with Crippen LogP contribution in [0.4, 0.5) is 0 Å². The fourth-order valence-electron chi connectivity index (χ4n) is 2.80. The summed E-state index contributed by atoms with van der Waals surface area (Å²) in [6.45, 7) is 12.1. The lowest BCUT2D eigenvalue weighted by Crippen LogP contribution is -2.26. The predicted molar refractivity (Wildman–Crippen MR) is 107 cm³/mol. The molecule has 3 nitrogen and oxygen atoms in total. The monoisotopic (exact) mass is 378 g/mol. The molecule has 2 aromatic carbocycles. The highest BCUT2D eigenvalue weighted by Gasteiger charge is 2.24. The van der Waals surface area contributed by atoms with Crippen molar-refractivity contribution >= 4 is 24.0 Å². The van der Waals surface area contributed by atoms with E-state index in [1.54, 1.807) is 24.3 Å². The fraction of sp³-hybridized carbons (Fsp3) is 0.400. The van der Waals surface area contributed by atoms with Crippen molar-refractivity contribution in [1.29, 1.82) is 0 Å². The van der Waals surface area contributed by atoms with E-state index < -0.39 is 10.1 Å². The summed E-state index contributed by atoms with van der Waals surface area (Å²) in [6, 6.07) is 11.1. The number of rotatable bonds is 6. The molecule has 0 heterocycles. The summed E-state index contributed by atoms with van der Waals surface area (Å²) in [7, 11) is -3.23. The first-order chi connectivity index (χ1) is 11.6. The third-order valence-corrected chi connectivity index (χ3v) is 7.75. The van der Waals surface area contributed by atoms with Crippen LogP contribution in [-0.4, -0.2) is 20.2 Å². The third kappa shape index (κ3) is 5.13. The number of hydrogen-bond donors (Lipinski definition) is 0. The second-order valence-electron chi connectivity index (χ2n) is 6.78. The van der Waals surface area contributed by atoms with Crippen LogP contribution < -0.4 is 5.30 Å². The van der Waals surface area contributed by atoms with Crippen molar-refractivity contribution in [3.63, 3.8) is 0 Å². The zero-order valence-corrected chi connectivity index (χ0v) is 17.6. The normalized spacial score (nSPS) is 14.8. The smallest absolute Gasteiger partial charge is 0.263 e. The molecular weight excluding hydrogens is 351 g/mol. The van der Waals surface area contributed by atoms with Gasteiger partial charge in [0.05, 0.1) is 11.0 Å². The van der Waals surface area contributed by atoms with Crippen molar-refractivity contribution in [2.75, 3.05) is 0 Å². The summed E-state index contributed by atoms with van der Waals surface area (Å²) >= 11 is 0. The van der Waals surface area contributed by atoms with Crippen LogP contribution in [0.15, 0.2) is 41.3 Å². The van der Waals surface area contributed by atoms with Crippen LogP contribution in [0.25, 0.3) is 0 Å². The van der Waals surface area contributed by atoms with Crippen molar-refractivity contribution in [1.82, 2.24) is 0 Å². The first kappa shape index (κ1) is 20.1. The molecular formula is C20H27O3PS. The second kappa shape index (κ2) is 7.99. The highest BCUT2D eigenvalue weighted by atomic mass is 32.2. The van der Waals surface area contributed by atoms with Gasteiger partial charge >= 0.3 is 0 Å². The average molecular weight is 378 g/mol. The van der Waals surface area contributed by atoms with E-state index in [0.717, 1.165) is 5.56 Å². The zero-order valence-electron chi connectivity index (χ0n) is 15.8. The highest BCUT2D eigenvalue weighted by molar-refractivity contribution is 7.86. The van der Waals surface area contributed by atoms with Gasteiger partial charge in [0, 0.05) is 5.66 Å². The van der Waals surface area contributed by atoms with Crippen LogP contribution in [0.5, 0.6) is 0 Å². The molecule has 0 aromatic heterocycles. The van der Waals surface area contributed by atoms with Gasteiger partial charge in [-0.15, -0.1) is 0 Å². The molecule has 25 heavy (non-hydrogen) atoms. The van der Waals surface area contributed by atoms with Gasteiger partial charge in [0.15, 0.2) is 0 Å². The molecule has 0 N–H and O–H groups in total. The van der Waals surface area contributed by atoms with E-state index in [-0.39, 0.29) is 16.7 Å². The maximum Gasteiger partial charge on any atom is 0.297 e. The van der Waals surface area contributed by atoms with E-state index in [1.165, 1.54) is 22.0 Å². The second-order valence-corrected chi connectivity index (χ2v) is 10.0. The number of benzene rings is 2. The molecule has 0 amide bonds. The minimum Gasteiger partial charge on any atom is -0.263 e. The molecule has 0 radical (unpaired) electrons. The summed E-state index contributed by atoms with van der Waals surface area (Å²) < 4.78 is 30.4. The summed E-state index contributed by atoms with van der Waals surface area (Å²) in [5, 5.41) is 1.31. The minimum absolute atomic E-state index is 0.111. The molecule has 0 saturated heterocycles. The van der Waals surface area contributed by atoms with Gasteiger partial charge in [-0.2, -0.15) is 8.42 Å². The molecule has 3 atom stereocenters. The zero-order chi connectivity index (χ0) is 18.8. The van der Waals surface area contributed by atoms with Gasteiger partial charge in [-0.05, 0) is 63.2 Å². The van der Waals surface area contributed by atoms with Crippen LogP contribution in [-0.2, 0) is 14.3 Å². The van der Waals surface area contributed by atoms with Crippen molar-refractivity contribution in [3.05, 3.63) is 58.7 Å². The molecule has 2 aromatic rings. The fourth-order valence-corrected chi connectivity index (χ4v) is 5.40. The van der Waals surface area contributed by atoms with Gasteiger partial charge < -0.3 is 0 Å². The van der Waals surface area contributed by atoms with Crippen molar-refractivity contribution in [2.45, 2.75) is 58.2 Å². The Balaban J connectivity index is 2.12. The van der Waals surface area contributed by atoms with Gasteiger partial charge in [0.1, 0.15) is 0 Å². The maximum absolute atomic E-state index is 12.5. The largest absolute Gasteiger partial charge is 0.297 e. The molecule has 136 valence electrons. The molecule has 1 unspecified atom stereocenters. The van der Waals surface area contributed by atoms with Crippen LogP contribution in [0.3, 0.4) is 0 Å².